The topological polar surface area (TPSA) is 66.5 Å². The Morgan fingerprint density at radius 1 is 1.17 bits per heavy atom. The molecular formula is C18H19N5S. The average molecular weight is 337 g/mol. The molecule has 24 heavy (non-hydrogen) atoms. The third-order valence-corrected chi connectivity index (χ3v) is 4.69. The number of anilines is 2. The normalized spacial score (nSPS) is 12.1. The van der Waals surface area contributed by atoms with E-state index in [1.165, 1.54) is 15.8 Å². The van der Waals surface area contributed by atoms with Gasteiger partial charge >= 0.3 is 0 Å². The first-order valence-electron chi connectivity index (χ1n) is 7.94. The van der Waals surface area contributed by atoms with Gasteiger partial charge in [-0.3, -0.25) is 5.10 Å². The summed E-state index contributed by atoms with van der Waals surface area (Å²) in [5.74, 6) is 0.858. The summed E-state index contributed by atoms with van der Waals surface area (Å²) in [6, 6.07) is 10.3. The summed E-state index contributed by atoms with van der Waals surface area (Å²) >= 11 is 1.56. The van der Waals surface area contributed by atoms with Crippen LogP contribution in [0.5, 0.6) is 0 Å². The van der Waals surface area contributed by atoms with E-state index in [1.807, 2.05) is 12.1 Å². The summed E-state index contributed by atoms with van der Waals surface area (Å²) in [6.07, 6.45) is 2.73. The van der Waals surface area contributed by atoms with Crippen LogP contribution >= 0.6 is 11.5 Å². The smallest absolute Gasteiger partial charge is 0.183 e. The fraction of sp³-hybridized carbons (Fsp3) is 0.278. The molecule has 0 atom stereocenters. The molecule has 3 aromatic heterocycles. The van der Waals surface area contributed by atoms with Crippen LogP contribution in [-0.2, 0) is 6.42 Å². The Morgan fingerprint density at radius 2 is 2.04 bits per heavy atom. The lowest BCUT2D eigenvalue weighted by Crippen LogP contribution is -2.09. The molecule has 0 radical (unpaired) electrons. The van der Waals surface area contributed by atoms with Crippen molar-refractivity contribution in [2.24, 2.45) is 5.41 Å². The van der Waals surface area contributed by atoms with E-state index in [0.29, 0.717) is 5.65 Å². The third-order valence-electron chi connectivity index (χ3n) is 3.84. The quantitative estimate of drug-likeness (QED) is 0.558. The zero-order valence-electron chi connectivity index (χ0n) is 13.9. The summed E-state index contributed by atoms with van der Waals surface area (Å²) < 4.78 is 5.85. The van der Waals surface area contributed by atoms with Gasteiger partial charge in [0.2, 0.25) is 0 Å². The summed E-state index contributed by atoms with van der Waals surface area (Å²) in [6.45, 7) is 6.72. The maximum absolute atomic E-state index is 4.65. The number of hydrogen-bond donors (Lipinski definition) is 2. The maximum atomic E-state index is 4.65. The molecule has 5 nitrogen and oxygen atoms in total. The van der Waals surface area contributed by atoms with Crippen LogP contribution in [0.25, 0.3) is 21.1 Å². The predicted octanol–water partition coefficient (Wildman–Crippen LogP) is 4.90. The molecule has 2 N–H and O–H groups in total. The van der Waals surface area contributed by atoms with Crippen molar-refractivity contribution in [2.75, 3.05) is 5.32 Å². The molecule has 6 heteroatoms. The average Bonchev–Trinajstić information content (AvgIpc) is 3.11. The summed E-state index contributed by atoms with van der Waals surface area (Å²) in [5, 5.41) is 12.8. The second-order valence-corrected chi connectivity index (χ2v) is 7.98. The highest BCUT2D eigenvalue weighted by Crippen LogP contribution is 2.31. The Bertz CT molecular complexity index is 1010. The van der Waals surface area contributed by atoms with Crippen molar-refractivity contribution in [3.05, 3.63) is 42.2 Å². The Balaban J connectivity index is 1.66. The summed E-state index contributed by atoms with van der Waals surface area (Å²) in [4.78, 5) is 4.24. The number of nitrogens with one attached hydrogen (secondary N) is 2. The van der Waals surface area contributed by atoms with Crippen LogP contribution in [0.15, 0.2) is 36.5 Å². The van der Waals surface area contributed by atoms with Gasteiger partial charge in [0.05, 0.1) is 15.8 Å². The van der Waals surface area contributed by atoms with Gasteiger partial charge < -0.3 is 5.32 Å². The largest absolute Gasteiger partial charge is 0.340 e. The Kier molecular flexibility index (Phi) is 3.49. The van der Waals surface area contributed by atoms with Gasteiger partial charge in [0.15, 0.2) is 5.65 Å². The molecule has 0 unspecified atom stereocenters. The monoisotopic (exact) mass is 337 g/mol. The van der Waals surface area contributed by atoms with E-state index in [0.717, 1.165) is 23.3 Å². The van der Waals surface area contributed by atoms with E-state index in [9.17, 15) is 0 Å². The first-order chi connectivity index (χ1) is 11.5. The van der Waals surface area contributed by atoms with Gasteiger partial charge in [-0.25, -0.2) is 4.98 Å². The molecule has 0 aliphatic heterocycles. The van der Waals surface area contributed by atoms with E-state index in [1.54, 1.807) is 17.7 Å². The second-order valence-electron chi connectivity index (χ2n) is 7.18. The zero-order valence-corrected chi connectivity index (χ0v) is 14.7. The van der Waals surface area contributed by atoms with Crippen molar-refractivity contribution < 1.29 is 0 Å². The molecule has 4 aromatic rings. The van der Waals surface area contributed by atoms with Crippen LogP contribution in [-0.4, -0.2) is 19.6 Å². The van der Waals surface area contributed by atoms with Gasteiger partial charge in [0.25, 0.3) is 0 Å². The minimum absolute atomic E-state index is 0.236. The van der Waals surface area contributed by atoms with Crippen LogP contribution < -0.4 is 5.32 Å². The molecule has 3 heterocycles. The molecule has 0 fully saturated rings. The SMILES string of the molecule is CC(C)(C)Cc1nsc2cc(Nc3[nH]nc4ncccc34)ccc12. The lowest BCUT2D eigenvalue weighted by molar-refractivity contribution is 0.409. The van der Waals surface area contributed by atoms with Crippen LogP contribution in [0.3, 0.4) is 0 Å². The summed E-state index contributed by atoms with van der Waals surface area (Å²) in [5.41, 5.74) is 3.15. The molecule has 0 saturated heterocycles. The number of rotatable bonds is 3. The van der Waals surface area contributed by atoms with Crippen LogP contribution in [0.1, 0.15) is 26.5 Å². The first-order valence-corrected chi connectivity index (χ1v) is 8.71. The standard InChI is InChI=1S/C18H19N5S/c1-18(2,3)10-14-12-7-6-11(9-15(12)24-23-14)20-17-13-5-4-8-19-16(13)21-22-17/h4-9H,10H2,1-3H3,(H2,19,20,21,22). The minimum Gasteiger partial charge on any atom is -0.340 e. The molecule has 122 valence electrons. The van der Waals surface area contributed by atoms with E-state index in [-0.39, 0.29) is 5.41 Å². The van der Waals surface area contributed by atoms with Gasteiger partial charge in [-0.15, -0.1) is 0 Å². The number of aromatic amines is 1. The van der Waals surface area contributed by atoms with E-state index in [2.05, 4.69) is 63.8 Å². The number of pyridine rings is 1. The Hall–Kier alpha value is -2.47. The predicted molar refractivity (Wildman–Crippen MR) is 100.0 cm³/mol. The molecule has 0 amide bonds. The molecule has 1 aromatic carbocycles. The van der Waals surface area contributed by atoms with Crippen molar-refractivity contribution in [3.63, 3.8) is 0 Å². The zero-order chi connectivity index (χ0) is 16.7. The Morgan fingerprint density at radius 3 is 2.88 bits per heavy atom. The fourth-order valence-corrected chi connectivity index (χ4v) is 3.62. The van der Waals surface area contributed by atoms with Gasteiger partial charge in [0, 0.05) is 17.3 Å². The first kappa shape index (κ1) is 15.1. The lowest BCUT2D eigenvalue weighted by Gasteiger charge is -2.16. The van der Waals surface area contributed by atoms with Gasteiger partial charge in [0.1, 0.15) is 5.82 Å². The van der Waals surface area contributed by atoms with Crippen LogP contribution in [0.2, 0.25) is 0 Å². The molecule has 0 spiro atoms. The number of fused-ring (bicyclic) bond motifs is 2. The highest BCUT2D eigenvalue weighted by atomic mass is 32.1. The van der Waals surface area contributed by atoms with E-state index in [4.69, 9.17) is 0 Å². The fourth-order valence-electron chi connectivity index (χ4n) is 2.79. The van der Waals surface area contributed by atoms with Gasteiger partial charge in [-0.1, -0.05) is 20.8 Å². The van der Waals surface area contributed by atoms with Crippen LogP contribution in [0.4, 0.5) is 11.5 Å². The highest BCUT2D eigenvalue weighted by Gasteiger charge is 2.16. The molecule has 0 saturated carbocycles. The third kappa shape index (κ3) is 2.85. The number of aromatic nitrogens is 4. The molecule has 0 bridgehead atoms. The molecule has 0 aliphatic rings. The molecular weight excluding hydrogens is 318 g/mol. The van der Waals surface area contributed by atoms with E-state index >= 15 is 0 Å². The second kappa shape index (κ2) is 5.56. The number of nitrogens with zero attached hydrogens (tertiary/aromatic N) is 3. The van der Waals surface area contributed by atoms with Crippen molar-refractivity contribution in [2.45, 2.75) is 27.2 Å². The highest BCUT2D eigenvalue weighted by molar-refractivity contribution is 7.13. The molecule has 0 aliphatic carbocycles. The minimum atomic E-state index is 0.236. The van der Waals surface area contributed by atoms with Crippen LogP contribution in [0, 0.1) is 5.41 Å². The van der Waals surface area contributed by atoms with E-state index < -0.39 is 0 Å². The van der Waals surface area contributed by atoms with Gasteiger partial charge in [-0.05, 0) is 53.7 Å². The van der Waals surface area contributed by atoms with Crippen molar-refractivity contribution in [1.29, 1.82) is 0 Å². The van der Waals surface area contributed by atoms with Crippen molar-refractivity contribution >= 4 is 44.2 Å². The maximum Gasteiger partial charge on any atom is 0.183 e. The molecule has 4 rings (SSSR count). The number of hydrogen-bond acceptors (Lipinski definition) is 5. The lowest BCUT2D eigenvalue weighted by atomic mass is 9.89. The number of H-pyrrole nitrogens is 1. The van der Waals surface area contributed by atoms with Crippen molar-refractivity contribution in [1.82, 2.24) is 19.6 Å². The number of benzene rings is 1. The summed E-state index contributed by atoms with van der Waals surface area (Å²) in [7, 11) is 0. The van der Waals surface area contributed by atoms with Crippen molar-refractivity contribution in [3.8, 4) is 0 Å². The Labute approximate surface area is 144 Å². The van der Waals surface area contributed by atoms with Gasteiger partial charge in [-0.2, -0.15) is 9.47 Å².